The third kappa shape index (κ3) is 1.50. The molecule has 5 rings (SSSR count). The topological polar surface area (TPSA) is 70.2 Å². The van der Waals surface area contributed by atoms with E-state index in [1.54, 1.807) is 0 Å². The Morgan fingerprint density at radius 2 is 1.70 bits per heavy atom. The Balaban J connectivity index is 1.77. The molecule has 5 nitrogen and oxygen atoms in total. The number of rotatable bonds is 0. The zero-order valence-corrected chi connectivity index (χ0v) is 12.7. The van der Waals surface area contributed by atoms with Gasteiger partial charge in [0.1, 0.15) is 4.88 Å². The average molecular weight is 321 g/mol. The zero-order valence-electron chi connectivity index (χ0n) is 11.8. The van der Waals surface area contributed by atoms with Crippen LogP contribution in [0.3, 0.4) is 0 Å². The van der Waals surface area contributed by atoms with Crippen LogP contribution in [0.15, 0.2) is 48.5 Å². The first-order valence-electron chi connectivity index (χ1n) is 7.22. The molecule has 0 unspecified atom stereocenters. The second-order valence-corrected chi connectivity index (χ2v) is 6.68. The van der Waals surface area contributed by atoms with Gasteiger partial charge in [-0.2, -0.15) is 0 Å². The molecule has 0 aliphatic carbocycles. The van der Waals surface area contributed by atoms with Crippen LogP contribution in [0.4, 0.5) is 11.4 Å². The summed E-state index contributed by atoms with van der Waals surface area (Å²) in [5, 5.41) is 9.96. The quantitative estimate of drug-likeness (QED) is 0.596. The highest BCUT2D eigenvalue weighted by molar-refractivity contribution is 7.21. The molecule has 112 valence electrons. The second-order valence-electron chi connectivity index (χ2n) is 5.63. The van der Waals surface area contributed by atoms with Gasteiger partial charge in [0.25, 0.3) is 11.8 Å². The second kappa shape index (κ2) is 4.11. The molecule has 2 aliphatic rings. The van der Waals surface area contributed by atoms with Crippen molar-refractivity contribution in [3.8, 4) is 0 Å². The van der Waals surface area contributed by atoms with Crippen molar-refractivity contribution in [1.82, 2.24) is 5.32 Å². The maximum Gasteiger partial charge on any atom is 0.275 e. The van der Waals surface area contributed by atoms with Crippen molar-refractivity contribution in [3.63, 3.8) is 0 Å². The molecule has 3 heterocycles. The number of thiophene rings is 1. The monoisotopic (exact) mass is 321 g/mol. The summed E-state index contributed by atoms with van der Waals surface area (Å²) in [6, 6.07) is 15.2. The predicted octanol–water partition coefficient (Wildman–Crippen LogP) is 2.86. The Kier molecular flexibility index (Phi) is 2.26. The number of carbonyl (C=O) groups is 2. The van der Waals surface area contributed by atoms with Gasteiger partial charge in [0, 0.05) is 21.3 Å². The molecule has 0 radical (unpaired) electrons. The average Bonchev–Trinajstić information content (AvgIpc) is 3.06. The SMILES string of the molecule is O=C1N[C@]2(Nc3c1sc1ccccc31)C(=O)Nc1ccccc12. The number of hydrogen-bond acceptors (Lipinski definition) is 4. The minimum atomic E-state index is -1.25. The third-order valence-corrected chi connectivity index (χ3v) is 5.50. The Morgan fingerprint density at radius 1 is 0.913 bits per heavy atom. The summed E-state index contributed by atoms with van der Waals surface area (Å²) in [5.41, 5.74) is 0.929. The van der Waals surface area contributed by atoms with Gasteiger partial charge >= 0.3 is 0 Å². The minimum absolute atomic E-state index is 0.230. The van der Waals surface area contributed by atoms with Gasteiger partial charge in [0.05, 0.1) is 5.69 Å². The lowest BCUT2D eigenvalue weighted by molar-refractivity contribution is -0.120. The summed E-state index contributed by atoms with van der Waals surface area (Å²) >= 11 is 1.43. The first kappa shape index (κ1) is 12.7. The number of hydrogen-bond donors (Lipinski definition) is 3. The van der Waals surface area contributed by atoms with E-state index in [4.69, 9.17) is 0 Å². The lowest BCUT2D eigenvalue weighted by Crippen LogP contribution is -2.58. The van der Waals surface area contributed by atoms with Gasteiger partial charge in [-0.3, -0.25) is 9.59 Å². The number of carbonyl (C=O) groups excluding carboxylic acids is 2. The number of anilines is 2. The van der Waals surface area contributed by atoms with Crippen molar-refractivity contribution in [2.45, 2.75) is 5.66 Å². The number of fused-ring (bicyclic) bond motifs is 5. The van der Waals surface area contributed by atoms with Gasteiger partial charge in [0.2, 0.25) is 5.66 Å². The molecule has 3 aromatic rings. The fraction of sp³-hybridized carbons (Fsp3) is 0.0588. The van der Waals surface area contributed by atoms with Crippen LogP contribution in [0, 0.1) is 0 Å². The highest BCUT2D eigenvalue weighted by atomic mass is 32.1. The van der Waals surface area contributed by atoms with Gasteiger partial charge in [-0.1, -0.05) is 36.4 Å². The molecule has 1 atom stereocenters. The molecular weight excluding hydrogens is 310 g/mol. The standard InChI is InChI=1S/C17H11N3O2S/c21-15-14-13(9-5-1-4-8-12(9)23-14)19-17(20-15)10-6-2-3-7-11(10)18-16(17)22/h1-8,19H,(H,18,22)(H,20,21)/t17-/m0/s1. The lowest BCUT2D eigenvalue weighted by Gasteiger charge is -2.34. The summed E-state index contributed by atoms with van der Waals surface area (Å²) in [7, 11) is 0. The van der Waals surface area contributed by atoms with Crippen molar-refractivity contribution in [3.05, 3.63) is 59.0 Å². The van der Waals surface area contributed by atoms with Gasteiger partial charge in [-0.15, -0.1) is 11.3 Å². The van der Waals surface area contributed by atoms with Crippen LogP contribution in [0.25, 0.3) is 10.1 Å². The Labute approximate surface area is 135 Å². The van der Waals surface area contributed by atoms with E-state index >= 15 is 0 Å². The van der Waals surface area contributed by atoms with E-state index in [0.29, 0.717) is 10.6 Å². The number of amides is 2. The van der Waals surface area contributed by atoms with Crippen molar-refractivity contribution in [2.24, 2.45) is 0 Å². The summed E-state index contributed by atoms with van der Waals surface area (Å²) < 4.78 is 1.02. The van der Waals surface area contributed by atoms with Crippen LogP contribution in [-0.2, 0) is 10.5 Å². The fourth-order valence-electron chi connectivity index (χ4n) is 3.28. The van der Waals surface area contributed by atoms with Crippen LogP contribution in [0.2, 0.25) is 0 Å². The molecule has 0 fully saturated rings. The van der Waals surface area contributed by atoms with Gasteiger partial charge < -0.3 is 16.0 Å². The zero-order chi connectivity index (χ0) is 15.6. The normalized spacial score (nSPS) is 21.6. The van der Waals surface area contributed by atoms with E-state index in [9.17, 15) is 9.59 Å². The molecule has 6 heteroatoms. The first-order valence-corrected chi connectivity index (χ1v) is 8.04. The van der Waals surface area contributed by atoms with Gasteiger partial charge in [0.15, 0.2) is 0 Å². The molecule has 0 saturated carbocycles. The lowest BCUT2D eigenvalue weighted by atomic mass is 9.97. The van der Waals surface area contributed by atoms with Crippen LogP contribution >= 0.6 is 11.3 Å². The maximum absolute atomic E-state index is 12.7. The van der Waals surface area contributed by atoms with E-state index < -0.39 is 5.66 Å². The summed E-state index contributed by atoms with van der Waals surface area (Å²) in [6.45, 7) is 0. The van der Waals surface area contributed by atoms with Crippen LogP contribution < -0.4 is 16.0 Å². The molecule has 1 spiro atoms. The van der Waals surface area contributed by atoms with Gasteiger partial charge in [-0.25, -0.2) is 0 Å². The minimum Gasteiger partial charge on any atom is -0.349 e. The van der Waals surface area contributed by atoms with Crippen molar-refractivity contribution in [1.29, 1.82) is 0 Å². The van der Waals surface area contributed by atoms with Crippen molar-refractivity contribution < 1.29 is 9.59 Å². The summed E-state index contributed by atoms with van der Waals surface area (Å²) in [6.07, 6.45) is 0. The number of nitrogens with one attached hydrogen (secondary N) is 3. The smallest absolute Gasteiger partial charge is 0.275 e. The summed E-state index contributed by atoms with van der Waals surface area (Å²) in [5.74, 6) is -0.500. The molecule has 1 aromatic heterocycles. The van der Waals surface area contributed by atoms with Crippen LogP contribution in [-0.4, -0.2) is 11.8 Å². The fourth-order valence-corrected chi connectivity index (χ4v) is 4.33. The van der Waals surface area contributed by atoms with E-state index in [1.807, 2.05) is 48.5 Å². The highest BCUT2D eigenvalue weighted by Gasteiger charge is 2.51. The largest absolute Gasteiger partial charge is 0.349 e. The van der Waals surface area contributed by atoms with E-state index in [1.165, 1.54) is 11.3 Å². The molecule has 0 bridgehead atoms. The van der Waals surface area contributed by atoms with Crippen LogP contribution in [0.1, 0.15) is 15.2 Å². The van der Waals surface area contributed by atoms with Crippen LogP contribution in [0.5, 0.6) is 0 Å². The molecule has 2 amide bonds. The van der Waals surface area contributed by atoms with E-state index in [-0.39, 0.29) is 11.8 Å². The third-order valence-electron chi connectivity index (χ3n) is 4.34. The summed E-state index contributed by atoms with van der Waals surface area (Å²) in [4.78, 5) is 25.9. The molecule has 23 heavy (non-hydrogen) atoms. The van der Waals surface area contributed by atoms with Crippen molar-refractivity contribution in [2.75, 3.05) is 10.6 Å². The van der Waals surface area contributed by atoms with E-state index in [0.717, 1.165) is 21.3 Å². The molecule has 0 saturated heterocycles. The molecular formula is C17H11N3O2S. The van der Waals surface area contributed by atoms with Crippen molar-refractivity contribution >= 4 is 44.6 Å². The number of para-hydroxylation sites is 1. The van der Waals surface area contributed by atoms with E-state index in [2.05, 4.69) is 16.0 Å². The molecule has 3 N–H and O–H groups in total. The molecule has 2 aromatic carbocycles. The Hall–Kier alpha value is -2.86. The Morgan fingerprint density at radius 3 is 2.61 bits per heavy atom. The van der Waals surface area contributed by atoms with Gasteiger partial charge in [-0.05, 0) is 12.1 Å². The molecule has 2 aliphatic heterocycles. The predicted molar refractivity (Wildman–Crippen MR) is 89.7 cm³/mol. The Bertz CT molecular complexity index is 1010. The number of benzene rings is 2. The highest BCUT2D eigenvalue weighted by Crippen LogP contribution is 2.45. The maximum atomic E-state index is 12.7. The first-order chi connectivity index (χ1) is 11.2.